The van der Waals surface area contributed by atoms with Gasteiger partial charge in [-0.15, -0.1) is 0 Å². The second-order valence-corrected chi connectivity index (χ2v) is 6.66. The molecule has 0 fully saturated rings. The van der Waals surface area contributed by atoms with Crippen LogP contribution < -0.4 is 10.5 Å². The van der Waals surface area contributed by atoms with Gasteiger partial charge in [0.15, 0.2) is 0 Å². The summed E-state index contributed by atoms with van der Waals surface area (Å²) in [6.07, 6.45) is 0.669. The maximum atomic E-state index is 13.0. The third kappa shape index (κ3) is 5.46. The minimum atomic E-state index is -3.73. The first-order valence-corrected chi connectivity index (χ1v) is 8.52. The number of rotatable bonds is 6. The lowest BCUT2D eigenvalue weighted by atomic mass is 10.1. The molecule has 5 nitrogen and oxygen atoms in total. The van der Waals surface area contributed by atoms with E-state index in [-0.39, 0.29) is 23.0 Å². The maximum Gasteiger partial charge on any atom is 0.238 e. The number of nitrogens with two attached hydrogens (primary N) is 1. The topological polar surface area (TPSA) is 89.3 Å². The van der Waals surface area contributed by atoms with Crippen LogP contribution >= 0.6 is 0 Å². The van der Waals surface area contributed by atoms with E-state index in [1.807, 2.05) is 0 Å². The number of primary sulfonamides is 1. The molecular weight excluding hydrogens is 319 g/mol. The Bertz CT molecular complexity index is 789. The number of carbonyl (C=O) groups excluding carboxylic acids is 1. The zero-order valence-electron chi connectivity index (χ0n) is 12.3. The summed E-state index contributed by atoms with van der Waals surface area (Å²) in [6, 6.07) is 12.0. The molecule has 0 aliphatic carbocycles. The van der Waals surface area contributed by atoms with Crippen molar-refractivity contribution in [2.45, 2.75) is 17.7 Å². The van der Waals surface area contributed by atoms with Crippen LogP contribution in [0.1, 0.15) is 11.1 Å². The largest absolute Gasteiger partial charge is 0.355 e. The van der Waals surface area contributed by atoms with Crippen LogP contribution in [0.5, 0.6) is 0 Å². The average Bonchev–Trinajstić information content (AvgIpc) is 2.47. The number of carbonyl (C=O) groups is 1. The molecule has 23 heavy (non-hydrogen) atoms. The molecule has 0 radical (unpaired) electrons. The van der Waals surface area contributed by atoms with Gasteiger partial charge in [-0.05, 0) is 41.8 Å². The molecule has 0 aromatic heterocycles. The van der Waals surface area contributed by atoms with Crippen molar-refractivity contribution in [3.63, 3.8) is 0 Å². The Morgan fingerprint density at radius 2 is 1.78 bits per heavy atom. The van der Waals surface area contributed by atoms with Crippen LogP contribution in [0.3, 0.4) is 0 Å². The molecule has 0 aliphatic heterocycles. The van der Waals surface area contributed by atoms with Crippen molar-refractivity contribution in [3.8, 4) is 0 Å². The zero-order chi connectivity index (χ0) is 16.9. The monoisotopic (exact) mass is 336 g/mol. The minimum absolute atomic E-state index is 0.00719. The van der Waals surface area contributed by atoms with Gasteiger partial charge in [-0.3, -0.25) is 4.79 Å². The Balaban J connectivity index is 1.83. The number of sulfonamides is 1. The summed E-state index contributed by atoms with van der Waals surface area (Å²) in [5.41, 5.74) is 1.49. The van der Waals surface area contributed by atoms with Gasteiger partial charge in [0.2, 0.25) is 15.9 Å². The van der Waals surface area contributed by atoms with Crippen LogP contribution in [0.2, 0.25) is 0 Å². The molecule has 2 rings (SSSR count). The Labute approximate surface area is 134 Å². The SMILES string of the molecule is NS(=O)(=O)c1ccc(CC(=O)NCCc2cccc(F)c2)cc1. The van der Waals surface area contributed by atoms with Crippen LogP contribution in [0.15, 0.2) is 53.4 Å². The van der Waals surface area contributed by atoms with Crippen LogP contribution in [-0.2, 0) is 27.7 Å². The van der Waals surface area contributed by atoms with Crippen molar-refractivity contribution >= 4 is 15.9 Å². The molecule has 122 valence electrons. The first kappa shape index (κ1) is 17.1. The molecule has 2 aromatic carbocycles. The standard InChI is InChI=1S/C16H17FN2O3S/c17-14-3-1-2-12(10-14)8-9-19-16(20)11-13-4-6-15(7-5-13)23(18,21)22/h1-7,10H,8-9,11H2,(H,19,20)(H2,18,21,22). The van der Waals surface area contributed by atoms with E-state index in [0.29, 0.717) is 18.5 Å². The molecule has 0 aliphatic rings. The summed E-state index contributed by atoms with van der Waals surface area (Å²) in [5.74, 6) is -0.492. The lowest BCUT2D eigenvalue weighted by Gasteiger charge is -2.06. The first-order valence-electron chi connectivity index (χ1n) is 6.97. The maximum absolute atomic E-state index is 13.0. The molecular formula is C16H17FN2O3S. The van der Waals surface area contributed by atoms with Gasteiger partial charge in [0.05, 0.1) is 11.3 Å². The van der Waals surface area contributed by atoms with E-state index in [9.17, 15) is 17.6 Å². The van der Waals surface area contributed by atoms with E-state index in [0.717, 1.165) is 5.56 Å². The van der Waals surface area contributed by atoms with Gasteiger partial charge >= 0.3 is 0 Å². The van der Waals surface area contributed by atoms with Crippen molar-refractivity contribution in [2.24, 2.45) is 5.14 Å². The van der Waals surface area contributed by atoms with Crippen LogP contribution in [0.4, 0.5) is 4.39 Å². The number of benzene rings is 2. The average molecular weight is 336 g/mol. The fraction of sp³-hybridized carbons (Fsp3) is 0.188. The molecule has 2 aromatic rings. The summed E-state index contributed by atoms with van der Waals surface area (Å²) in [6.45, 7) is 0.400. The quantitative estimate of drug-likeness (QED) is 0.835. The van der Waals surface area contributed by atoms with Crippen LogP contribution in [0.25, 0.3) is 0 Å². The summed E-state index contributed by atoms with van der Waals surface area (Å²) in [5, 5.41) is 7.75. The van der Waals surface area contributed by atoms with Gasteiger partial charge in [-0.1, -0.05) is 24.3 Å². The van der Waals surface area contributed by atoms with Gasteiger partial charge in [0.25, 0.3) is 0 Å². The lowest BCUT2D eigenvalue weighted by Crippen LogP contribution is -2.27. The highest BCUT2D eigenvalue weighted by Crippen LogP contribution is 2.09. The van der Waals surface area contributed by atoms with Crippen LogP contribution in [0, 0.1) is 5.82 Å². The molecule has 7 heteroatoms. The molecule has 0 unspecified atom stereocenters. The number of hydrogen-bond acceptors (Lipinski definition) is 3. The second kappa shape index (κ2) is 7.34. The highest BCUT2D eigenvalue weighted by molar-refractivity contribution is 7.89. The summed E-state index contributed by atoms with van der Waals surface area (Å²) < 4.78 is 35.3. The fourth-order valence-electron chi connectivity index (χ4n) is 2.08. The zero-order valence-corrected chi connectivity index (χ0v) is 13.1. The number of nitrogens with one attached hydrogen (secondary N) is 1. The van der Waals surface area contributed by atoms with Crippen molar-refractivity contribution < 1.29 is 17.6 Å². The molecule has 0 atom stereocenters. The van der Waals surface area contributed by atoms with E-state index in [1.54, 1.807) is 24.3 Å². The van der Waals surface area contributed by atoms with E-state index in [4.69, 9.17) is 5.14 Å². The third-order valence-corrected chi connectivity index (χ3v) is 4.17. The number of hydrogen-bond donors (Lipinski definition) is 2. The molecule has 0 saturated carbocycles. The Morgan fingerprint density at radius 1 is 1.09 bits per heavy atom. The molecule has 0 saturated heterocycles. The van der Waals surface area contributed by atoms with E-state index in [1.165, 1.54) is 24.3 Å². The normalized spacial score (nSPS) is 11.2. The van der Waals surface area contributed by atoms with E-state index < -0.39 is 10.0 Å². The van der Waals surface area contributed by atoms with Gasteiger partial charge < -0.3 is 5.32 Å². The molecule has 0 bridgehead atoms. The van der Waals surface area contributed by atoms with E-state index >= 15 is 0 Å². The third-order valence-electron chi connectivity index (χ3n) is 3.24. The summed E-state index contributed by atoms with van der Waals surface area (Å²) in [4.78, 5) is 11.8. The van der Waals surface area contributed by atoms with Gasteiger partial charge in [-0.25, -0.2) is 17.9 Å². The Kier molecular flexibility index (Phi) is 5.46. The van der Waals surface area contributed by atoms with Gasteiger partial charge in [-0.2, -0.15) is 0 Å². The smallest absolute Gasteiger partial charge is 0.238 e. The molecule has 1 amide bonds. The van der Waals surface area contributed by atoms with Crippen molar-refractivity contribution in [3.05, 3.63) is 65.5 Å². The highest BCUT2D eigenvalue weighted by Gasteiger charge is 2.08. The minimum Gasteiger partial charge on any atom is -0.355 e. The first-order chi connectivity index (χ1) is 10.8. The highest BCUT2D eigenvalue weighted by atomic mass is 32.2. The Morgan fingerprint density at radius 3 is 2.39 bits per heavy atom. The second-order valence-electron chi connectivity index (χ2n) is 5.10. The summed E-state index contributed by atoms with van der Waals surface area (Å²) in [7, 11) is -3.73. The van der Waals surface area contributed by atoms with Crippen molar-refractivity contribution in [1.29, 1.82) is 0 Å². The van der Waals surface area contributed by atoms with Gasteiger partial charge in [0.1, 0.15) is 5.82 Å². The molecule has 0 spiro atoms. The lowest BCUT2D eigenvalue weighted by molar-refractivity contribution is -0.120. The van der Waals surface area contributed by atoms with Crippen LogP contribution in [-0.4, -0.2) is 20.9 Å². The number of halogens is 1. The van der Waals surface area contributed by atoms with Gasteiger partial charge in [0, 0.05) is 6.54 Å². The predicted octanol–water partition coefficient (Wildman–Crippen LogP) is 1.37. The molecule has 3 N–H and O–H groups in total. The fourth-order valence-corrected chi connectivity index (χ4v) is 2.60. The Hall–Kier alpha value is -2.25. The summed E-state index contributed by atoms with van der Waals surface area (Å²) >= 11 is 0. The van der Waals surface area contributed by atoms with E-state index in [2.05, 4.69) is 5.32 Å². The van der Waals surface area contributed by atoms with Crippen molar-refractivity contribution in [2.75, 3.05) is 6.54 Å². The predicted molar refractivity (Wildman–Crippen MR) is 84.6 cm³/mol. The van der Waals surface area contributed by atoms with Crippen molar-refractivity contribution in [1.82, 2.24) is 5.32 Å². The molecule has 0 heterocycles. The number of amides is 1.